The van der Waals surface area contributed by atoms with E-state index in [9.17, 15) is 5.21 Å². The highest BCUT2D eigenvalue weighted by Crippen LogP contribution is 2.04. The van der Waals surface area contributed by atoms with Crippen molar-refractivity contribution in [1.82, 2.24) is 5.06 Å². The molecule has 0 bridgehead atoms. The zero-order valence-electron chi connectivity index (χ0n) is 9.03. The van der Waals surface area contributed by atoms with E-state index in [4.69, 9.17) is 0 Å². The van der Waals surface area contributed by atoms with E-state index in [0.29, 0.717) is 0 Å². The first-order chi connectivity index (χ1) is 6.72. The second-order valence-corrected chi connectivity index (χ2v) is 3.69. The summed E-state index contributed by atoms with van der Waals surface area (Å²) < 4.78 is 0. The van der Waals surface area contributed by atoms with Crippen LogP contribution in [0.2, 0.25) is 0 Å². The van der Waals surface area contributed by atoms with Crippen molar-refractivity contribution in [1.29, 1.82) is 0 Å². The molecule has 1 rings (SSSR count). The number of hydroxylamine groups is 2. The van der Waals surface area contributed by atoms with Crippen LogP contribution in [0.15, 0.2) is 24.3 Å². The first-order valence-corrected chi connectivity index (χ1v) is 5.21. The van der Waals surface area contributed by atoms with Crippen molar-refractivity contribution < 1.29 is 5.21 Å². The third kappa shape index (κ3) is 3.90. The first-order valence-electron chi connectivity index (χ1n) is 5.21. The van der Waals surface area contributed by atoms with E-state index in [-0.39, 0.29) is 0 Å². The lowest BCUT2D eigenvalue weighted by molar-refractivity contribution is -0.0893. The van der Waals surface area contributed by atoms with Crippen LogP contribution in [0.1, 0.15) is 24.5 Å². The Morgan fingerprint density at radius 3 is 2.36 bits per heavy atom. The zero-order chi connectivity index (χ0) is 10.4. The van der Waals surface area contributed by atoms with Crippen LogP contribution in [0.3, 0.4) is 0 Å². The normalized spacial score (nSPS) is 10.9. The summed E-state index contributed by atoms with van der Waals surface area (Å²) in [5.74, 6) is 0. The number of aryl methyl sites for hydroxylation is 1. The van der Waals surface area contributed by atoms with Crippen molar-refractivity contribution >= 4 is 0 Å². The summed E-state index contributed by atoms with van der Waals surface area (Å²) in [5.41, 5.74) is 2.56. The standard InChI is InChI=1S/C12H19NO/c1-3-9-13(14)10-8-12-6-4-11(2)5-7-12/h4-7,14H,3,8-10H2,1-2H3. The maximum absolute atomic E-state index is 9.40. The predicted octanol–water partition coefficient (Wildman–Crippen LogP) is 2.64. The van der Waals surface area contributed by atoms with Gasteiger partial charge in [-0.05, 0) is 25.3 Å². The maximum atomic E-state index is 9.40. The van der Waals surface area contributed by atoms with E-state index >= 15 is 0 Å². The average molecular weight is 193 g/mol. The monoisotopic (exact) mass is 193 g/mol. The molecule has 78 valence electrons. The van der Waals surface area contributed by atoms with Crippen LogP contribution in [0.5, 0.6) is 0 Å². The van der Waals surface area contributed by atoms with Crippen LogP contribution in [-0.4, -0.2) is 23.4 Å². The van der Waals surface area contributed by atoms with E-state index in [0.717, 1.165) is 25.9 Å². The molecule has 0 fully saturated rings. The van der Waals surface area contributed by atoms with Gasteiger partial charge in [0.15, 0.2) is 0 Å². The molecule has 0 unspecified atom stereocenters. The minimum atomic E-state index is 0.719. The molecule has 0 aliphatic rings. The van der Waals surface area contributed by atoms with Crippen LogP contribution >= 0.6 is 0 Å². The summed E-state index contributed by atoms with van der Waals surface area (Å²) in [6.45, 7) is 5.62. The van der Waals surface area contributed by atoms with Crippen molar-refractivity contribution in [3.05, 3.63) is 35.4 Å². The smallest absolute Gasteiger partial charge is 0.0278 e. The van der Waals surface area contributed by atoms with Gasteiger partial charge in [-0.15, -0.1) is 0 Å². The molecule has 0 heterocycles. The van der Waals surface area contributed by atoms with Crippen LogP contribution < -0.4 is 0 Å². The Kier molecular flexibility index (Phi) is 4.63. The Morgan fingerprint density at radius 2 is 1.79 bits per heavy atom. The van der Waals surface area contributed by atoms with Gasteiger partial charge in [0.25, 0.3) is 0 Å². The molecule has 14 heavy (non-hydrogen) atoms. The molecule has 2 nitrogen and oxygen atoms in total. The van der Waals surface area contributed by atoms with Crippen LogP contribution in [-0.2, 0) is 6.42 Å². The van der Waals surface area contributed by atoms with E-state index in [2.05, 4.69) is 38.1 Å². The minimum Gasteiger partial charge on any atom is -0.314 e. The fourth-order valence-electron chi connectivity index (χ4n) is 1.38. The molecule has 1 aromatic rings. The summed E-state index contributed by atoms with van der Waals surface area (Å²) in [4.78, 5) is 0. The van der Waals surface area contributed by atoms with E-state index in [1.54, 1.807) is 0 Å². The molecule has 2 heteroatoms. The highest BCUT2D eigenvalue weighted by atomic mass is 16.5. The Labute approximate surface area is 86.1 Å². The second kappa shape index (κ2) is 5.78. The fraction of sp³-hybridized carbons (Fsp3) is 0.500. The van der Waals surface area contributed by atoms with E-state index < -0.39 is 0 Å². The third-order valence-electron chi connectivity index (χ3n) is 2.26. The van der Waals surface area contributed by atoms with Crippen molar-refractivity contribution in [2.24, 2.45) is 0 Å². The average Bonchev–Trinajstić information content (AvgIpc) is 2.17. The molecule has 0 saturated carbocycles. The molecule has 0 radical (unpaired) electrons. The Balaban J connectivity index is 2.34. The van der Waals surface area contributed by atoms with E-state index in [1.807, 2.05) is 0 Å². The largest absolute Gasteiger partial charge is 0.314 e. The highest BCUT2D eigenvalue weighted by Gasteiger charge is 1.99. The number of hydrogen-bond acceptors (Lipinski definition) is 2. The lowest BCUT2D eigenvalue weighted by Gasteiger charge is -2.13. The van der Waals surface area contributed by atoms with Crippen LogP contribution in [0.25, 0.3) is 0 Å². The fourth-order valence-corrected chi connectivity index (χ4v) is 1.38. The van der Waals surface area contributed by atoms with Crippen molar-refractivity contribution in [3.63, 3.8) is 0 Å². The summed E-state index contributed by atoms with van der Waals surface area (Å²) in [5, 5.41) is 10.8. The first kappa shape index (κ1) is 11.2. The molecule has 1 N–H and O–H groups in total. The van der Waals surface area contributed by atoms with Gasteiger partial charge >= 0.3 is 0 Å². The molecule has 0 aromatic heterocycles. The molecule has 1 aromatic carbocycles. The van der Waals surface area contributed by atoms with Gasteiger partial charge in [0.05, 0.1) is 0 Å². The third-order valence-corrected chi connectivity index (χ3v) is 2.26. The van der Waals surface area contributed by atoms with Crippen LogP contribution in [0.4, 0.5) is 0 Å². The number of nitrogens with zero attached hydrogens (tertiary/aromatic N) is 1. The molecule has 0 spiro atoms. The lowest BCUT2D eigenvalue weighted by atomic mass is 10.1. The molecule has 0 aliphatic carbocycles. The van der Waals surface area contributed by atoms with Crippen molar-refractivity contribution in [2.45, 2.75) is 26.7 Å². The summed E-state index contributed by atoms with van der Waals surface area (Å²) in [6.07, 6.45) is 1.90. The van der Waals surface area contributed by atoms with Gasteiger partial charge in [0, 0.05) is 13.1 Å². The van der Waals surface area contributed by atoms with Gasteiger partial charge in [-0.3, -0.25) is 0 Å². The number of benzene rings is 1. The second-order valence-electron chi connectivity index (χ2n) is 3.69. The minimum absolute atomic E-state index is 0.719. The Hall–Kier alpha value is -0.860. The Bertz CT molecular complexity index is 256. The topological polar surface area (TPSA) is 23.5 Å². The van der Waals surface area contributed by atoms with Crippen LogP contribution in [0, 0.1) is 6.92 Å². The maximum Gasteiger partial charge on any atom is 0.0278 e. The summed E-state index contributed by atoms with van der Waals surface area (Å²) in [6, 6.07) is 8.46. The lowest BCUT2D eigenvalue weighted by Crippen LogP contribution is -2.22. The van der Waals surface area contributed by atoms with Gasteiger partial charge in [0.2, 0.25) is 0 Å². The SMILES string of the molecule is CCCN(O)CCc1ccc(C)cc1. The van der Waals surface area contributed by atoms with E-state index in [1.165, 1.54) is 16.2 Å². The Morgan fingerprint density at radius 1 is 1.14 bits per heavy atom. The van der Waals surface area contributed by atoms with Gasteiger partial charge < -0.3 is 5.21 Å². The van der Waals surface area contributed by atoms with Gasteiger partial charge in [-0.1, -0.05) is 36.8 Å². The summed E-state index contributed by atoms with van der Waals surface area (Å²) >= 11 is 0. The molecule has 0 atom stereocenters. The highest BCUT2D eigenvalue weighted by molar-refractivity contribution is 5.21. The number of rotatable bonds is 5. The van der Waals surface area contributed by atoms with Gasteiger partial charge in [0.1, 0.15) is 0 Å². The van der Waals surface area contributed by atoms with Gasteiger partial charge in [-0.2, -0.15) is 5.06 Å². The van der Waals surface area contributed by atoms with Crippen molar-refractivity contribution in [3.8, 4) is 0 Å². The van der Waals surface area contributed by atoms with Gasteiger partial charge in [-0.25, -0.2) is 0 Å². The predicted molar refractivity (Wildman–Crippen MR) is 58.5 cm³/mol. The molecule has 0 saturated heterocycles. The quantitative estimate of drug-likeness (QED) is 0.727. The summed E-state index contributed by atoms with van der Waals surface area (Å²) in [7, 11) is 0. The van der Waals surface area contributed by atoms with Crippen molar-refractivity contribution in [2.75, 3.05) is 13.1 Å². The number of hydrogen-bond donors (Lipinski definition) is 1. The zero-order valence-corrected chi connectivity index (χ0v) is 9.03. The molecular formula is C12H19NO. The molecule has 0 amide bonds. The molecular weight excluding hydrogens is 174 g/mol. The molecule has 0 aliphatic heterocycles.